The summed E-state index contributed by atoms with van der Waals surface area (Å²) < 4.78 is 0. The molecule has 0 fully saturated rings. The van der Waals surface area contributed by atoms with Gasteiger partial charge < -0.3 is 0 Å². The first kappa shape index (κ1) is 16.9. The molecule has 130 valence electrons. The summed E-state index contributed by atoms with van der Waals surface area (Å²) in [6.45, 7) is 0. The van der Waals surface area contributed by atoms with Crippen molar-refractivity contribution in [1.82, 2.24) is 4.98 Å². The van der Waals surface area contributed by atoms with Crippen LogP contribution in [-0.4, -0.2) is 10.7 Å². The van der Waals surface area contributed by atoms with Crippen molar-refractivity contribution in [2.45, 2.75) is 6.04 Å². The van der Waals surface area contributed by atoms with Crippen LogP contribution < -0.4 is 0 Å². The van der Waals surface area contributed by atoms with Crippen molar-refractivity contribution < 1.29 is 0 Å². The number of benzene rings is 3. The molecule has 27 heavy (non-hydrogen) atoms. The minimum Gasteiger partial charge on any atom is -0.270 e. The van der Waals surface area contributed by atoms with Crippen molar-refractivity contribution in [3.63, 3.8) is 0 Å². The number of hydrogen-bond donors (Lipinski definition) is 0. The third-order valence-corrected chi connectivity index (χ3v) is 4.44. The molecule has 0 saturated carbocycles. The maximum atomic E-state index is 5.21. The van der Waals surface area contributed by atoms with E-state index in [4.69, 9.17) is 4.99 Å². The summed E-state index contributed by atoms with van der Waals surface area (Å²) in [5.41, 5.74) is 5.23. The summed E-state index contributed by atoms with van der Waals surface area (Å²) >= 11 is 0. The SMILES string of the molecule is c1ccc(C(=NC(c2ccccc2)c2ccccn2)c2ccccc2)cc1. The number of pyridine rings is 1. The van der Waals surface area contributed by atoms with Crippen LogP contribution in [0.4, 0.5) is 0 Å². The van der Waals surface area contributed by atoms with Gasteiger partial charge in [0.05, 0.1) is 11.4 Å². The maximum Gasteiger partial charge on any atom is 0.118 e. The molecule has 0 spiro atoms. The molecule has 4 aromatic rings. The molecule has 0 saturated heterocycles. The molecule has 1 heterocycles. The van der Waals surface area contributed by atoms with Gasteiger partial charge in [-0.3, -0.25) is 9.98 Å². The third kappa shape index (κ3) is 4.01. The molecule has 0 aliphatic carbocycles. The van der Waals surface area contributed by atoms with Gasteiger partial charge in [0.2, 0.25) is 0 Å². The first-order valence-corrected chi connectivity index (χ1v) is 9.06. The Hall–Kier alpha value is -3.52. The lowest BCUT2D eigenvalue weighted by Crippen LogP contribution is -2.09. The van der Waals surface area contributed by atoms with E-state index in [1.165, 1.54) is 0 Å². The van der Waals surface area contributed by atoms with Crippen LogP contribution in [0.5, 0.6) is 0 Å². The zero-order valence-corrected chi connectivity index (χ0v) is 14.9. The van der Waals surface area contributed by atoms with Gasteiger partial charge in [0.15, 0.2) is 0 Å². The van der Waals surface area contributed by atoms with Crippen molar-refractivity contribution in [1.29, 1.82) is 0 Å². The van der Waals surface area contributed by atoms with Crippen molar-refractivity contribution in [2.24, 2.45) is 4.99 Å². The Morgan fingerprint density at radius 3 is 1.63 bits per heavy atom. The second-order valence-electron chi connectivity index (χ2n) is 6.28. The molecule has 0 N–H and O–H groups in total. The first-order chi connectivity index (χ1) is 13.4. The highest BCUT2D eigenvalue weighted by molar-refractivity contribution is 6.13. The van der Waals surface area contributed by atoms with E-state index in [2.05, 4.69) is 41.4 Å². The Kier molecular flexibility index (Phi) is 5.16. The standard InChI is InChI=1S/C25H20N2/c1-4-12-20(13-5-1)24(21-14-6-2-7-15-21)27-25(22-16-8-3-9-17-22)23-18-10-11-19-26-23/h1-19,25H. The van der Waals surface area contributed by atoms with E-state index in [1.807, 2.05) is 79.0 Å². The normalized spacial score (nSPS) is 11.6. The molecular weight excluding hydrogens is 328 g/mol. The molecular formula is C25H20N2. The number of aromatic nitrogens is 1. The van der Waals surface area contributed by atoms with Gasteiger partial charge in [0, 0.05) is 17.3 Å². The van der Waals surface area contributed by atoms with E-state index < -0.39 is 0 Å². The van der Waals surface area contributed by atoms with Crippen molar-refractivity contribution in [3.05, 3.63) is 138 Å². The van der Waals surface area contributed by atoms with Crippen molar-refractivity contribution >= 4 is 5.71 Å². The van der Waals surface area contributed by atoms with Gasteiger partial charge in [0.25, 0.3) is 0 Å². The topological polar surface area (TPSA) is 25.2 Å². The Balaban J connectivity index is 1.90. The van der Waals surface area contributed by atoms with Crippen LogP contribution in [0.3, 0.4) is 0 Å². The Bertz CT molecular complexity index is 914. The fourth-order valence-electron chi connectivity index (χ4n) is 3.12. The van der Waals surface area contributed by atoms with E-state index in [0.29, 0.717) is 0 Å². The van der Waals surface area contributed by atoms with Gasteiger partial charge in [-0.2, -0.15) is 0 Å². The third-order valence-electron chi connectivity index (χ3n) is 4.44. The summed E-state index contributed by atoms with van der Waals surface area (Å²) in [5.74, 6) is 0. The van der Waals surface area contributed by atoms with Gasteiger partial charge >= 0.3 is 0 Å². The highest BCUT2D eigenvalue weighted by Gasteiger charge is 2.17. The monoisotopic (exact) mass is 348 g/mol. The molecule has 1 atom stereocenters. The number of aliphatic imine (C=N–C) groups is 1. The molecule has 4 rings (SSSR count). The fourth-order valence-corrected chi connectivity index (χ4v) is 3.12. The quantitative estimate of drug-likeness (QED) is 0.424. The van der Waals surface area contributed by atoms with Gasteiger partial charge in [-0.15, -0.1) is 0 Å². The van der Waals surface area contributed by atoms with Crippen LogP contribution >= 0.6 is 0 Å². The van der Waals surface area contributed by atoms with Gasteiger partial charge in [-0.25, -0.2) is 0 Å². The van der Waals surface area contributed by atoms with E-state index in [1.54, 1.807) is 0 Å². The summed E-state index contributed by atoms with van der Waals surface area (Å²) in [4.78, 5) is 9.80. The highest BCUT2D eigenvalue weighted by atomic mass is 14.9. The molecule has 0 radical (unpaired) electrons. The number of hydrogen-bond acceptors (Lipinski definition) is 2. The van der Waals surface area contributed by atoms with Gasteiger partial charge in [-0.1, -0.05) is 97.1 Å². The van der Waals surface area contributed by atoms with Crippen LogP contribution in [0.2, 0.25) is 0 Å². The summed E-state index contributed by atoms with van der Waals surface area (Å²) in [5, 5.41) is 0. The predicted octanol–water partition coefficient (Wildman–Crippen LogP) is 5.71. The van der Waals surface area contributed by atoms with Gasteiger partial charge in [0.1, 0.15) is 6.04 Å². The molecule has 2 nitrogen and oxygen atoms in total. The van der Waals surface area contributed by atoms with Crippen molar-refractivity contribution in [2.75, 3.05) is 0 Å². The lowest BCUT2D eigenvalue weighted by atomic mass is 9.99. The minimum atomic E-state index is -0.164. The van der Waals surface area contributed by atoms with E-state index in [9.17, 15) is 0 Å². The lowest BCUT2D eigenvalue weighted by Gasteiger charge is -2.16. The maximum absolute atomic E-state index is 5.21. The minimum absolute atomic E-state index is 0.164. The Morgan fingerprint density at radius 1 is 0.593 bits per heavy atom. The van der Waals surface area contributed by atoms with Crippen LogP contribution in [0.1, 0.15) is 28.4 Å². The molecule has 1 aromatic heterocycles. The zero-order chi connectivity index (χ0) is 18.3. The number of rotatable bonds is 5. The zero-order valence-electron chi connectivity index (χ0n) is 14.9. The fraction of sp³-hybridized carbons (Fsp3) is 0.0400. The van der Waals surface area contributed by atoms with Crippen LogP contribution in [-0.2, 0) is 0 Å². The molecule has 0 amide bonds. The Morgan fingerprint density at radius 2 is 1.11 bits per heavy atom. The van der Waals surface area contributed by atoms with Gasteiger partial charge in [-0.05, 0) is 17.7 Å². The molecule has 2 heteroatoms. The molecule has 0 aliphatic rings. The van der Waals surface area contributed by atoms with Crippen LogP contribution in [0.25, 0.3) is 0 Å². The molecule has 3 aromatic carbocycles. The summed E-state index contributed by atoms with van der Waals surface area (Å²) in [6.07, 6.45) is 1.82. The smallest absolute Gasteiger partial charge is 0.118 e. The van der Waals surface area contributed by atoms with Crippen LogP contribution in [0, 0.1) is 0 Å². The summed E-state index contributed by atoms with van der Waals surface area (Å²) in [6, 6.07) is 36.8. The van der Waals surface area contributed by atoms with E-state index in [-0.39, 0.29) is 6.04 Å². The summed E-state index contributed by atoms with van der Waals surface area (Å²) in [7, 11) is 0. The van der Waals surface area contributed by atoms with E-state index >= 15 is 0 Å². The first-order valence-electron chi connectivity index (χ1n) is 9.06. The molecule has 0 bridgehead atoms. The highest BCUT2D eigenvalue weighted by Crippen LogP contribution is 2.26. The largest absolute Gasteiger partial charge is 0.270 e. The second-order valence-corrected chi connectivity index (χ2v) is 6.28. The average Bonchev–Trinajstić information content (AvgIpc) is 2.77. The van der Waals surface area contributed by atoms with E-state index in [0.717, 1.165) is 28.1 Å². The van der Waals surface area contributed by atoms with Crippen LogP contribution in [0.15, 0.2) is 120 Å². The molecule has 1 unspecified atom stereocenters. The second kappa shape index (κ2) is 8.24. The molecule has 0 aliphatic heterocycles. The average molecular weight is 348 g/mol. The van der Waals surface area contributed by atoms with Crippen molar-refractivity contribution in [3.8, 4) is 0 Å². The number of nitrogens with zero attached hydrogens (tertiary/aromatic N) is 2. The predicted molar refractivity (Wildman–Crippen MR) is 111 cm³/mol. The Labute approximate surface area is 159 Å². The lowest BCUT2D eigenvalue weighted by molar-refractivity contribution is 0.831.